The number of aliphatic hydroxyl groups excluding tert-OH is 3. The minimum atomic E-state index is -0.765. The molecule has 0 aromatic carbocycles. The molecular formula is C34H74N2O3. The molecule has 7 N–H and O–H groups in total. The molecule has 5 nitrogen and oxygen atoms in total. The van der Waals surface area contributed by atoms with E-state index in [4.69, 9.17) is 21.7 Å². The lowest BCUT2D eigenvalue weighted by Gasteiger charge is -2.27. The van der Waals surface area contributed by atoms with E-state index in [1.54, 1.807) is 0 Å². The summed E-state index contributed by atoms with van der Waals surface area (Å²) in [7, 11) is 0. The molecule has 0 aliphatic rings. The number of hydrogen-bond donors (Lipinski definition) is 5. The van der Waals surface area contributed by atoms with Crippen LogP contribution in [0, 0.1) is 0 Å². The van der Waals surface area contributed by atoms with E-state index < -0.39 is 5.54 Å². The molecule has 1 atom stereocenters. The molecule has 238 valence electrons. The minimum Gasteiger partial charge on any atom is -0.394 e. The lowest BCUT2D eigenvalue weighted by atomic mass is 9.88. The molecule has 0 saturated carbocycles. The Morgan fingerprint density at radius 3 is 0.821 bits per heavy atom. The number of nitrogens with two attached hydrogens (primary N) is 2. The van der Waals surface area contributed by atoms with E-state index in [1.165, 1.54) is 128 Å². The van der Waals surface area contributed by atoms with Crippen molar-refractivity contribution in [2.45, 2.75) is 199 Å². The third-order valence-corrected chi connectivity index (χ3v) is 8.28. The summed E-state index contributed by atoms with van der Waals surface area (Å²) in [5.41, 5.74) is 11.0. The molecule has 39 heavy (non-hydrogen) atoms. The average molecular weight is 559 g/mol. The van der Waals surface area contributed by atoms with E-state index in [-0.39, 0.29) is 25.4 Å². The van der Waals surface area contributed by atoms with Gasteiger partial charge in [-0.25, -0.2) is 0 Å². The van der Waals surface area contributed by atoms with Crippen molar-refractivity contribution < 1.29 is 15.3 Å². The highest BCUT2D eigenvalue weighted by molar-refractivity contribution is 4.83. The number of aliphatic hydroxyl groups is 3. The van der Waals surface area contributed by atoms with Crippen molar-refractivity contribution >= 4 is 0 Å². The van der Waals surface area contributed by atoms with E-state index in [9.17, 15) is 5.11 Å². The van der Waals surface area contributed by atoms with Crippen LogP contribution in [0.5, 0.6) is 0 Å². The summed E-state index contributed by atoms with van der Waals surface area (Å²) in [6, 6.07) is 0. The van der Waals surface area contributed by atoms with E-state index in [1.807, 2.05) is 0 Å². The van der Waals surface area contributed by atoms with Crippen molar-refractivity contribution in [1.82, 2.24) is 0 Å². The van der Waals surface area contributed by atoms with Crippen molar-refractivity contribution in [2.24, 2.45) is 11.5 Å². The molecule has 0 radical (unpaired) electrons. The maximum absolute atomic E-state index is 9.48. The summed E-state index contributed by atoms with van der Waals surface area (Å²) in [5.74, 6) is 0. The van der Waals surface area contributed by atoms with Crippen molar-refractivity contribution in [3.63, 3.8) is 0 Å². The molecule has 5 heteroatoms. The third-order valence-electron chi connectivity index (χ3n) is 8.28. The van der Waals surface area contributed by atoms with Gasteiger partial charge in [-0.05, 0) is 19.3 Å². The Morgan fingerprint density at radius 2 is 0.538 bits per heavy atom. The number of hydrogen-bond acceptors (Lipinski definition) is 5. The topological polar surface area (TPSA) is 113 Å². The van der Waals surface area contributed by atoms with Crippen LogP contribution in [0.3, 0.4) is 0 Å². The smallest absolute Gasteiger partial charge is 0.0633 e. The summed E-state index contributed by atoms with van der Waals surface area (Å²) < 4.78 is 0. The molecule has 0 heterocycles. The zero-order valence-electron chi connectivity index (χ0n) is 27.0. The van der Waals surface area contributed by atoms with Crippen molar-refractivity contribution in [2.75, 3.05) is 19.8 Å². The second-order valence-electron chi connectivity index (χ2n) is 12.5. The van der Waals surface area contributed by atoms with Crippen LogP contribution in [0.4, 0.5) is 0 Å². The molecule has 0 rings (SSSR count). The first-order chi connectivity index (χ1) is 18.9. The Balaban J connectivity index is 0. The maximum atomic E-state index is 9.48. The summed E-state index contributed by atoms with van der Waals surface area (Å²) in [5, 5.41) is 27.6. The summed E-state index contributed by atoms with van der Waals surface area (Å²) >= 11 is 0. The van der Waals surface area contributed by atoms with Crippen molar-refractivity contribution in [1.29, 1.82) is 0 Å². The van der Waals surface area contributed by atoms with Gasteiger partial charge in [-0.3, -0.25) is 0 Å². The summed E-state index contributed by atoms with van der Waals surface area (Å²) in [6.07, 6.45) is 32.7. The minimum absolute atomic E-state index is 0.124. The average Bonchev–Trinajstić information content (AvgIpc) is 2.95. The Hall–Kier alpha value is -0.200. The fraction of sp³-hybridized carbons (Fsp3) is 1.00. The van der Waals surface area contributed by atoms with Gasteiger partial charge in [0.1, 0.15) is 0 Å². The molecule has 0 aromatic heterocycles. The number of unbranched alkanes of at least 4 members (excludes halogenated alkanes) is 20. The van der Waals surface area contributed by atoms with Gasteiger partial charge in [0.25, 0.3) is 0 Å². The van der Waals surface area contributed by atoms with Gasteiger partial charge in [0, 0.05) is 5.54 Å². The maximum Gasteiger partial charge on any atom is 0.0633 e. The third kappa shape index (κ3) is 29.1. The second-order valence-corrected chi connectivity index (χ2v) is 12.5. The van der Waals surface area contributed by atoms with Gasteiger partial charge in [-0.1, -0.05) is 168 Å². The first-order valence-electron chi connectivity index (χ1n) is 17.3. The first-order valence-corrected chi connectivity index (χ1v) is 17.3. The van der Waals surface area contributed by atoms with Crippen LogP contribution in [0.25, 0.3) is 0 Å². The van der Waals surface area contributed by atoms with Gasteiger partial charge in [0.05, 0.1) is 25.4 Å². The second kappa shape index (κ2) is 30.8. The fourth-order valence-corrected chi connectivity index (χ4v) is 5.15. The van der Waals surface area contributed by atoms with E-state index in [0.29, 0.717) is 0 Å². The first kappa shape index (κ1) is 40.9. The lowest BCUT2D eigenvalue weighted by molar-refractivity contribution is 0.112. The monoisotopic (exact) mass is 559 g/mol. The van der Waals surface area contributed by atoms with Crippen LogP contribution >= 0.6 is 0 Å². The molecule has 0 saturated heterocycles. The molecule has 1 unspecified atom stereocenters. The van der Waals surface area contributed by atoms with E-state index >= 15 is 0 Å². The Morgan fingerprint density at radius 1 is 0.333 bits per heavy atom. The van der Waals surface area contributed by atoms with Crippen LogP contribution in [0.15, 0.2) is 0 Å². The normalized spacial score (nSPS) is 13.2. The van der Waals surface area contributed by atoms with Gasteiger partial charge in [0.15, 0.2) is 0 Å². The molecule has 0 fully saturated rings. The highest BCUT2D eigenvalue weighted by Crippen LogP contribution is 2.20. The van der Waals surface area contributed by atoms with Gasteiger partial charge in [0.2, 0.25) is 0 Å². The molecule has 0 bridgehead atoms. The Bertz CT molecular complexity index is 460. The molecule has 0 spiro atoms. The molecule has 0 aliphatic carbocycles. The standard InChI is InChI=1S/C18H39NO.C16H35NO2/c1-3-5-7-8-9-10-11-12-14-16-18(19,17-20)15-13-6-4-2;1-2-3-4-5-6-7-8-9-10-11-12-13-16(17,14-18)15-19/h20H,3-17,19H2,1-2H3;18-19H,2-15,17H2,1H3. The van der Waals surface area contributed by atoms with Gasteiger partial charge < -0.3 is 26.8 Å². The highest BCUT2D eigenvalue weighted by atomic mass is 16.3. The predicted molar refractivity (Wildman–Crippen MR) is 172 cm³/mol. The summed E-state index contributed by atoms with van der Waals surface area (Å²) in [4.78, 5) is 0. The van der Waals surface area contributed by atoms with Crippen LogP contribution < -0.4 is 11.5 Å². The van der Waals surface area contributed by atoms with E-state index in [0.717, 1.165) is 38.5 Å². The SMILES string of the molecule is CCCCCCCCCCCC(N)(CO)CCCCC.CCCCCCCCCCCCCC(N)(CO)CO. The Labute approximate surface area is 245 Å². The highest BCUT2D eigenvalue weighted by Gasteiger charge is 2.23. The van der Waals surface area contributed by atoms with Crippen LogP contribution in [0.2, 0.25) is 0 Å². The molecule has 0 aliphatic heterocycles. The van der Waals surface area contributed by atoms with Crippen LogP contribution in [-0.4, -0.2) is 46.2 Å². The number of rotatable bonds is 29. The van der Waals surface area contributed by atoms with Crippen molar-refractivity contribution in [3.8, 4) is 0 Å². The largest absolute Gasteiger partial charge is 0.394 e. The van der Waals surface area contributed by atoms with Gasteiger partial charge in [-0.2, -0.15) is 0 Å². The molecule has 0 aromatic rings. The quantitative estimate of drug-likeness (QED) is 0.0590. The van der Waals surface area contributed by atoms with Gasteiger partial charge >= 0.3 is 0 Å². The predicted octanol–water partition coefficient (Wildman–Crippen LogP) is 8.55. The zero-order chi connectivity index (χ0) is 29.5. The summed E-state index contributed by atoms with van der Waals surface area (Å²) in [6.45, 7) is 6.62. The van der Waals surface area contributed by atoms with Crippen LogP contribution in [-0.2, 0) is 0 Å². The lowest BCUT2D eigenvalue weighted by Crippen LogP contribution is -2.47. The van der Waals surface area contributed by atoms with E-state index in [2.05, 4.69) is 20.8 Å². The van der Waals surface area contributed by atoms with Crippen molar-refractivity contribution in [3.05, 3.63) is 0 Å². The molecular weight excluding hydrogens is 484 g/mol. The molecule has 0 amide bonds. The zero-order valence-corrected chi connectivity index (χ0v) is 27.0. The fourth-order valence-electron chi connectivity index (χ4n) is 5.15. The van der Waals surface area contributed by atoms with Crippen LogP contribution in [0.1, 0.15) is 188 Å². The van der Waals surface area contributed by atoms with Gasteiger partial charge in [-0.15, -0.1) is 0 Å². The Kier molecular flexibility index (Phi) is 32.3.